The normalized spacial score (nSPS) is 18.5. The number of benzene rings is 1. The topological polar surface area (TPSA) is 118 Å². The first-order chi connectivity index (χ1) is 15.4. The van der Waals surface area contributed by atoms with Gasteiger partial charge in [0, 0.05) is 36.5 Å². The van der Waals surface area contributed by atoms with E-state index >= 15 is 0 Å². The molecule has 7 heteroatoms. The van der Waals surface area contributed by atoms with E-state index in [1.165, 1.54) is 32.1 Å². The number of aliphatic hydroxyl groups excluding tert-OH is 1. The van der Waals surface area contributed by atoms with Gasteiger partial charge in [-0.15, -0.1) is 0 Å². The van der Waals surface area contributed by atoms with Crippen molar-refractivity contribution in [2.45, 2.75) is 77.5 Å². The molecule has 2 aromatic rings. The summed E-state index contributed by atoms with van der Waals surface area (Å²) < 4.78 is 0. The van der Waals surface area contributed by atoms with Gasteiger partial charge in [0.25, 0.3) is 0 Å². The Bertz CT molecular complexity index is 909. The number of nitrogens with two attached hydrogens (primary N) is 1. The molecule has 0 amide bonds. The van der Waals surface area contributed by atoms with Crippen LogP contribution < -0.4 is 16.4 Å². The third kappa shape index (κ3) is 6.40. The van der Waals surface area contributed by atoms with Crippen molar-refractivity contribution in [1.29, 1.82) is 0 Å². The molecule has 7 nitrogen and oxygen atoms in total. The molecule has 3 atom stereocenters. The molecule has 1 heterocycles. The molecule has 1 aromatic carbocycles. The average Bonchev–Trinajstić information content (AvgIpc) is 2.78. The minimum atomic E-state index is -0.460. The molecular weight excluding hydrogens is 402 g/mol. The van der Waals surface area contributed by atoms with Gasteiger partial charge in [0.15, 0.2) is 0 Å². The lowest BCUT2D eigenvalue weighted by Crippen LogP contribution is -2.46. The third-order valence-corrected chi connectivity index (χ3v) is 6.39. The third-order valence-electron chi connectivity index (χ3n) is 6.39. The van der Waals surface area contributed by atoms with Gasteiger partial charge < -0.3 is 26.6 Å². The van der Waals surface area contributed by atoms with Gasteiger partial charge in [-0.3, -0.25) is 0 Å². The zero-order chi connectivity index (χ0) is 23.1. The van der Waals surface area contributed by atoms with Crippen molar-refractivity contribution >= 4 is 22.6 Å². The molecule has 1 saturated carbocycles. The second-order valence-electron chi connectivity index (χ2n) is 9.14. The molecule has 1 aromatic heterocycles. The predicted molar refractivity (Wildman–Crippen MR) is 133 cm³/mol. The van der Waals surface area contributed by atoms with E-state index in [4.69, 9.17) is 15.8 Å². The van der Waals surface area contributed by atoms with Crippen LogP contribution in [0.2, 0.25) is 0 Å². The van der Waals surface area contributed by atoms with Crippen LogP contribution in [0.3, 0.4) is 0 Å². The van der Waals surface area contributed by atoms with Crippen LogP contribution in [0.1, 0.15) is 63.5 Å². The van der Waals surface area contributed by atoms with E-state index in [9.17, 15) is 5.11 Å². The molecule has 1 fully saturated rings. The Balaban J connectivity index is 1.83. The number of anilines is 1. The van der Waals surface area contributed by atoms with Crippen molar-refractivity contribution in [2.75, 3.05) is 18.5 Å². The maximum Gasteiger partial charge on any atom is 0.365 e. The maximum absolute atomic E-state index is 10.2. The van der Waals surface area contributed by atoms with Crippen LogP contribution in [0, 0.1) is 12.8 Å². The Hall–Kier alpha value is -2.22. The summed E-state index contributed by atoms with van der Waals surface area (Å²) in [5.41, 5.74) is 8.45. The summed E-state index contributed by atoms with van der Waals surface area (Å²) in [5, 5.41) is 26.8. The van der Waals surface area contributed by atoms with E-state index < -0.39 is 6.17 Å². The highest BCUT2D eigenvalue weighted by atomic mass is 16.3. The number of hydrogen-bond acceptors (Lipinski definition) is 6. The molecule has 0 bridgehead atoms. The monoisotopic (exact) mass is 442 g/mol. The van der Waals surface area contributed by atoms with Gasteiger partial charge in [-0.25, -0.2) is 4.98 Å². The molecule has 3 rings (SSSR count). The molecule has 1 aliphatic carbocycles. The predicted octanol–water partition coefficient (Wildman–Crippen LogP) is 3.04. The molecule has 0 spiro atoms. The number of aliphatic hydroxyl groups is 1. The van der Waals surface area contributed by atoms with E-state index in [1.54, 1.807) is 6.92 Å². The van der Waals surface area contributed by atoms with Crippen LogP contribution in [-0.2, 0) is 0 Å². The Labute approximate surface area is 191 Å². The van der Waals surface area contributed by atoms with Gasteiger partial charge in [0.05, 0.1) is 5.52 Å². The van der Waals surface area contributed by atoms with Gasteiger partial charge in [0.1, 0.15) is 17.5 Å². The standard InChI is InChI=1S/C25H39N5O2/c1-4-22(29-20-8-6-5-7-9-20)19(15-31)14-27-24-21(25(32)28-17(3)26)13-18-11-10-16(2)12-23(18)30-24/h10-13,17,19-20,22,29,31H,4-9,14-15,26H2,1-3H3,(H,27,30)(H,28,32)/p+1. The molecule has 1 aliphatic rings. The second-order valence-corrected chi connectivity index (χ2v) is 9.14. The molecule has 176 valence electrons. The second kappa shape index (κ2) is 11.6. The first kappa shape index (κ1) is 24.4. The van der Waals surface area contributed by atoms with Gasteiger partial charge in [-0.2, -0.15) is 4.99 Å². The smallest absolute Gasteiger partial charge is 0.365 e. The van der Waals surface area contributed by atoms with Gasteiger partial charge >= 0.3 is 5.90 Å². The first-order valence-electron chi connectivity index (χ1n) is 12.0. The SMILES string of the molecule is CCC(NC1CCCCC1)C(CO)CNc1nc2cc(C)ccc2cc1/C([OH2+])=N/C(C)N. The lowest BCUT2D eigenvalue weighted by molar-refractivity contribution is 0.180. The number of hydrogen-bond donors (Lipinski definition) is 4. The van der Waals surface area contributed by atoms with Crippen molar-refractivity contribution < 1.29 is 10.2 Å². The maximum atomic E-state index is 10.2. The largest absolute Gasteiger partial charge is 0.578 e. The fraction of sp³-hybridized carbons (Fsp3) is 0.600. The first-order valence-corrected chi connectivity index (χ1v) is 12.0. The number of rotatable bonds is 10. The lowest BCUT2D eigenvalue weighted by atomic mass is 9.91. The lowest BCUT2D eigenvalue weighted by Gasteiger charge is -2.32. The van der Waals surface area contributed by atoms with Crippen LogP contribution >= 0.6 is 0 Å². The minimum Gasteiger partial charge on any atom is -0.578 e. The van der Waals surface area contributed by atoms with Crippen molar-refractivity contribution in [3.05, 3.63) is 35.4 Å². The van der Waals surface area contributed by atoms with Crippen molar-refractivity contribution in [2.24, 2.45) is 16.6 Å². The van der Waals surface area contributed by atoms with E-state index in [-0.39, 0.29) is 24.5 Å². The summed E-state index contributed by atoms with van der Waals surface area (Å²) in [6.45, 7) is 6.62. The number of nitrogens with one attached hydrogen (secondary N) is 2. The highest BCUT2D eigenvalue weighted by Crippen LogP contribution is 2.24. The quantitative estimate of drug-likeness (QED) is 0.256. The molecule has 0 saturated heterocycles. The Morgan fingerprint density at radius 2 is 2.03 bits per heavy atom. The zero-order valence-electron chi connectivity index (χ0n) is 19.7. The van der Waals surface area contributed by atoms with Crippen LogP contribution in [0.25, 0.3) is 10.9 Å². The highest BCUT2D eigenvalue weighted by Gasteiger charge is 2.25. The minimum absolute atomic E-state index is 0.0457. The molecular formula is C25H40N5O2+. The van der Waals surface area contributed by atoms with Crippen molar-refractivity contribution in [3.63, 3.8) is 0 Å². The van der Waals surface area contributed by atoms with Crippen LogP contribution in [0.5, 0.6) is 0 Å². The van der Waals surface area contributed by atoms with Gasteiger partial charge in [-0.1, -0.05) is 38.3 Å². The summed E-state index contributed by atoms with van der Waals surface area (Å²) in [5.74, 6) is 0.776. The molecule has 0 radical (unpaired) electrons. The summed E-state index contributed by atoms with van der Waals surface area (Å²) in [6.07, 6.45) is 6.82. The number of nitrogens with zero attached hydrogens (tertiary/aromatic N) is 2. The molecule has 0 aliphatic heterocycles. The van der Waals surface area contributed by atoms with Crippen LogP contribution in [-0.4, -0.2) is 52.5 Å². The van der Waals surface area contributed by atoms with E-state index in [2.05, 4.69) is 22.5 Å². The Morgan fingerprint density at radius 1 is 1.28 bits per heavy atom. The summed E-state index contributed by atoms with van der Waals surface area (Å²) in [7, 11) is 0. The van der Waals surface area contributed by atoms with E-state index in [1.807, 2.05) is 31.2 Å². The number of pyridine rings is 1. The van der Waals surface area contributed by atoms with E-state index in [0.29, 0.717) is 24.0 Å². The van der Waals surface area contributed by atoms with Crippen LogP contribution in [0.15, 0.2) is 29.3 Å². The molecule has 3 unspecified atom stereocenters. The average molecular weight is 443 g/mol. The number of fused-ring (bicyclic) bond motifs is 1. The number of aryl methyl sites for hydroxylation is 1. The highest BCUT2D eigenvalue weighted by molar-refractivity contribution is 6.01. The summed E-state index contributed by atoms with van der Waals surface area (Å²) >= 11 is 0. The van der Waals surface area contributed by atoms with E-state index in [0.717, 1.165) is 22.9 Å². The fourth-order valence-corrected chi connectivity index (χ4v) is 4.59. The Morgan fingerprint density at radius 3 is 2.69 bits per heavy atom. The fourth-order valence-electron chi connectivity index (χ4n) is 4.59. The van der Waals surface area contributed by atoms with Gasteiger partial charge in [-0.05, 0) is 50.8 Å². The zero-order valence-corrected chi connectivity index (χ0v) is 19.7. The van der Waals surface area contributed by atoms with Crippen molar-refractivity contribution in [3.8, 4) is 0 Å². The number of aliphatic imine (C=N–C) groups is 1. The summed E-state index contributed by atoms with van der Waals surface area (Å²) in [4.78, 5) is 9.04. The Kier molecular flexibility index (Phi) is 8.84. The van der Waals surface area contributed by atoms with Crippen molar-refractivity contribution in [1.82, 2.24) is 10.3 Å². The van der Waals surface area contributed by atoms with Crippen LogP contribution in [0.4, 0.5) is 5.82 Å². The summed E-state index contributed by atoms with van der Waals surface area (Å²) in [6, 6.07) is 8.82. The van der Waals surface area contributed by atoms with Gasteiger partial charge in [0.2, 0.25) is 0 Å². The molecule has 7 N–H and O–H groups in total. The molecule has 32 heavy (non-hydrogen) atoms. The number of aromatic nitrogens is 1.